The van der Waals surface area contributed by atoms with Crippen molar-refractivity contribution in [3.63, 3.8) is 0 Å². The fourth-order valence-electron chi connectivity index (χ4n) is 12.6. The number of aromatic nitrogens is 4. The number of benzene rings is 12. The number of para-hydroxylation sites is 2. The minimum absolute atomic E-state index is 1.12. The molecule has 0 aliphatic carbocycles. The highest BCUT2D eigenvalue weighted by Gasteiger charge is 2.21. The molecule has 0 bridgehead atoms. The van der Waals surface area contributed by atoms with Crippen LogP contribution in [0.25, 0.3) is 144 Å². The van der Waals surface area contributed by atoms with Crippen LogP contribution in [0, 0.1) is 0 Å². The van der Waals surface area contributed by atoms with Crippen molar-refractivity contribution in [2.24, 2.45) is 0 Å². The van der Waals surface area contributed by atoms with Gasteiger partial charge in [-0.2, -0.15) is 0 Å². The molecule has 0 spiro atoms. The first-order valence-electron chi connectivity index (χ1n) is 27.5. The summed E-state index contributed by atoms with van der Waals surface area (Å²) in [5.74, 6) is 0. The molecule has 0 saturated heterocycles. The fourth-order valence-corrected chi connectivity index (χ4v) is 12.6. The Bertz CT molecular complexity index is 4570. The van der Waals surface area contributed by atoms with Gasteiger partial charge in [0.25, 0.3) is 0 Å². The van der Waals surface area contributed by atoms with Crippen LogP contribution in [-0.4, -0.2) is 18.3 Å². The summed E-state index contributed by atoms with van der Waals surface area (Å²) in [5.41, 5.74) is 23.5. The first-order valence-corrected chi connectivity index (χ1v) is 27.5. The molecule has 16 aromatic rings. The van der Waals surface area contributed by atoms with E-state index in [4.69, 9.17) is 0 Å². The Morgan fingerprint density at radius 3 is 0.838 bits per heavy atom. The molecule has 16 rings (SSSR count). The van der Waals surface area contributed by atoms with E-state index in [1.807, 2.05) is 0 Å². The Kier molecular flexibility index (Phi) is 10.5. The topological polar surface area (TPSA) is 19.7 Å². The van der Waals surface area contributed by atoms with Gasteiger partial charge in [-0.05, 0) is 153 Å². The van der Waals surface area contributed by atoms with E-state index in [1.165, 1.54) is 110 Å². The molecule has 4 nitrogen and oxygen atoms in total. The van der Waals surface area contributed by atoms with E-state index in [9.17, 15) is 0 Å². The maximum absolute atomic E-state index is 2.46. The maximum Gasteiger partial charge on any atom is 0.0635 e. The Morgan fingerprint density at radius 1 is 0.175 bits per heavy atom. The second kappa shape index (κ2) is 18.5. The summed E-state index contributed by atoms with van der Waals surface area (Å²) in [6.07, 6.45) is 4.48. The average molecular weight is 1020 g/mol. The van der Waals surface area contributed by atoms with Gasteiger partial charge >= 0.3 is 0 Å². The van der Waals surface area contributed by atoms with Crippen LogP contribution in [0.1, 0.15) is 0 Å². The van der Waals surface area contributed by atoms with Gasteiger partial charge in [-0.25, -0.2) is 0 Å². The molecule has 0 aliphatic heterocycles. The molecule has 0 N–H and O–H groups in total. The SMILES string of the molecule is c1ccc(-c2cc(-c3ccccc3)cc(-n3ccc4c3ccc3c5ccccc5n(-c5ccc(-c6ccc(-n7c8ccccc8c8ccc9c(ccn9-c9cc(-c%10ccccc%10)cc(-c%10ccccc%10)c9)c87)cc6)cc5)c34)c2)cc1. The average Bonchev–Trinajstić information content (AvgIpc) is 4.43. The molecule has 0 fully saturated rings. The second-order valence-electron chi connectivity index (χ2n) is 21.0. The lowest BCUT2D eigenvalue weighted by molar-refractivity contribution is 1.13. The van der Waals surface area contributed by atoms with Crippen LogP contribution in [0.4, 0.5) is 0 Å². The van der Waals surface area contributed by atoms with Crippen LogP contribution in [0.2, 0.25) is 0 Å². The van der Waals surface area contributed by atoms with Gasteiger partial charge in [0.1, 0.15) is 0 Å². The number of hydrogen-bond acceptors (Lipinski definition) is 0. The van der Waals surface area contributed by atoms with E-state index >= 15 is 0 Å². The van der Waals surface area contributed by atoms with Crippen molar-refractivity contribution in [3.8, 4) is 78.4 Å². The first-order chi connectivity index (χ1) is 39.7. The summed E-state index contributed by atoms with van der Waals surface area (Å²) >= 11 is 0. The highest BCUT2D eigenvalue weighted by molar-refractivity contribution is 6.20. The number of fused-ring (bicyclic) bond motifs is 10. The largest absolute Gasteiger partial charge is 0.316 e. The number of nitrogens with zero attached hydrogens (tertiary/aromatic N) is 4. The van der Waals surface area contributed by atoms with E-state index in [0.29, 0.717) is 0 Å². The van der Waals surface area contributed by atoms with Crippen molar-refractivity contribution < 1.29 is 0 Å². The van der Waals surface area contributed by atoms with E-state index in [2.05, 4.69) is 322 Å². The summed E-state index contributed by atoms with van der Waals surface area (Å²) in [7, 11) is 0. The molecule has 0 atom stereocenters. The van der Waals surface area contributed by atoms with Gasteiger partial charge < -0.3 is 18.3 Å². The van der Waals surface area contributed by atoms with Crippen LogP contribution in [0.15, 0.2) is 304 Å². The zero-order valence-corrected chi connectivity index (χ0v) is 43.7. The lowest BCUT2D eigenvalue weighted by Crippen LogP contribution is -1.96. The number of rotatable bonds is 9. The standard InChI is InChI=1S/C76H50N4/c1-5-17-51(18-6-1)57-45-58(52-19-7-2-8-20-52)48-63(47-57)77-43-41-69-71(77)39-37-67-65-25-13-15-27-73(65)79(75(67)69)61-33-29-55(30-34-61)56-31-35-62(36-32-56)80-74-28-16-14-26-66(74)68-38-40-72-70(76(68)80)42-44-78(72)64-49-59(53-21-9-3-10-22-53)46-60(50-64)54-23-11-4-12-24-54/h1-50H. The molecule has 0 amide bonds. The predicted molar refractivity (Wildman–Crippen MR) is 336 cm³/mol. The summed E-state index contributed by atoms with van der Waals surface area (Å²) in [4.78, 5) is 0. The maximum atomic E-state index is 2.46. The summed E-state index contributed by atoms with van der Waals surface area (Å²) in [6.45, 7) is 0. The van der Waals surface area contributed by atoms with Crippen molar-refractivity contribution in [3.05, 3.63) is 304 Å². The van der Waals surface area contributed by atoms with Crippen molar-refractivity contribution in [1.82, 2.24) is 18.3 Å². The van der Waals surface area contributed by atoms with E-state index in [-0.39, 0.29) is 0 Å². The van der Waals surface area contributed by atoms with Gasteiger partial charge in [0.15, 0.2) is 0 Å². The second-order valence-corrected chi connectivity index (χ2v) is 21.0. The Hall–Kier alpha value is -10.7. The Balaban J connectivity index is 0.775. The third-order valence-electron chi connectivity index (χ3n) is 16.4. The highest BCUT2D eigenvalue weighted by Crippen LogP contribution is 2.42. The van der Waals surface area contributed by atoms with Crippen molar-refractivity contribution in [2.75, 3.05) is 0 Å². The molecule has 0 unspecified atom stereocenters. The minimum atomic E-state index is 1.12. The quantitative estimate of drug-likeness (QED) is 0.137. The van der Waals surface area contributed by atoms with Crippen LogP contribution < -0.4 is 0 Å². The third-order valence-corrected chi connectivity index (χ3v) is 16.4. The van der Waals surface area contributed by atoms with Gasteiger partial charge in [-0.3, -0.25) is 0 Å². The molecule has 374 valence electrons. The minimum Gasteiger partial charge on any atom is -0.316 e. The van der Waals surface area contributed by atoms with Crippen LogP contribution in [-0.2, 0) is 0 Å². The Morgan fingerprint density at radius 2 is 0.487 bits per heavy atom. The van der Waals surface area contributed by atoms with E-state index in [1.54, 1.807) is 0 Å². The zero-order chi connectivity index (χ0) is 52.7. The van der Waals surface area contributed by atoms with Crippen LogP contribution in [0.3, 0.4) is 0 Å². The van der Waals surface area contributed by atoms with E-state index < -0.39 is 0 Å². The van der Waals surface area contributed by atoms with Crippen LogP contribution >= 0.6 is 0 Å². The lowest BCUT2D eigenvalue weighted by atomic mass is 9.98. The molecular weight excluding hydrogens is 969 g/mol. The van der Waals surface area contributed by atoms with Gasteiger partial charge in [0, 0.05) is 67.5 Å². The van der Waals surface area contributed by atoms with E-state index in [0.717, 1.165) is 33.8 Å². The highest BCUT2D eigenvalue weighted by atomic mass is 15.0. The zero-order valence-electron chi connectivity index (χ0n) is 43.7. The number of hydrogen-bond donors (Lipinski definition) is 0. The molecule has 4 heterocycles. The monoisotopic (exact) mass is 1020 g/mol. The summed E-state index contributed by atoms with van der Waals surface area (Å²) in [6, 6.07) is 106. The molecule has 0 radical (unpaired) electrons. The smallest absolute Gasteiger partial charge is 0.0635 e. The lowest BCUT2D eigenvalue weighted by Gasteiger charge is -2.14. The predicted octanol–water partition coefficient (Wildman–Crippen LogP) is 20.1. The molecule has 0 saturated carbocycles. The Labute approximate surface area is 463 Å². The van der Waals surface area contributed by atoms with Crippen LogP contribution in [0.5, 0.6) is 0 Å². The van der Waals surface area contributed by atoms with Crippen molar-refractivity contribution in [1.29, 1.82) is 0 Å². The van der Waals surface area contributed by atoms with Gasteiger partial charge in [0.2, 0.25) is 0 Å². The summed E-state index contributed by atoms with van der Waals surface area (Å²) < 4.78 is 9.62. The molecule has 4 aromatic heterocycles. The van der Waals surface area contributed by atoms with Gasteiger partial charge in [-0.15, -0.1) is 0 Å². The molecular formula is C76H50N4. The normalized spacial score (nSPS) is 11.8. The van der Waals surface area contributed by atoms with Crippen molar-refractivity contribution >= 4 is 65.4 Å². The fraction of sp³-hybridized carbons (Fsp3) is 0. The third kappa shape index (κ3) is 7.45. The molecule has 80 heavy (non-hydrogen) atoms. The van der Waals surface area contributed by atoms with Gasteiger partial charge in [-0.1, -0.05) is 194 Å². The molecule has 12 aromatic carbocycles. The molecule has 4 heteroatoms. The van der Waals surface area contributed by atoms with Gasteiger partial charge in [0.05, 0.1) is 33.1 Å². The first kappa shape index (κ1) is 45.5. The summed E-state index contributed by atoms with van der Waals surface area (Å²) in [5, 5.41) is 7.37. The molecule has 0 aliphatic rings. The van der Waals surface area contributed by atoms with Crippen molar-refractivity contribution in [2.45, 2.75) is 0 Å².